The summed E-state index contributed by atoms with van der Waals surface area (Å²) in [5, 5.41) is 17.3. The Bertz CT molecular complexity index is 1520. The van der Waals surface area contributed by atoms with Crippen LogP contribution in [-0.4, -0.2) is 44.8 Å². The number of nitro groups is 1. The van der Waals surface area contributed by atoms with E-state index in [1.165, 1.54) is 46.4 Å². The quantitative estimate of drug-likeness (QED) is 0.287. The first kappa shape index (κ1) is 24.8. The van der Waals surface area contributed by atoms with Gasteiger partial charge in [-0.05, 0) is 66.6 Å². The van der Waals surface area contributed by atoms with E-state index in [-0.39, 0.29) is 23.7 Å². The molecule has 10 heteroatoms. The smallest absolute Gasteiger partial charge is 0.294 e. The maximum absolute atomic E-state index is 12.9. The zero-order valence-electron chi connectivity index (χ0n) is 20.8. The molecule has 38 heavy (non-hydrogen) atoms. The Morgan fingerprint density at radius 2 is 1.87 bits per heavy atom. The van der Waals surface area contributed by atoms with Crippen molar-refractivity contribution in [3.8, 4) is 5.69 Å². The Balaban J connectivity index is 1.24. The number of fused-ring (bicyclic) bond motifs is 1. The standard InChI is InChI=1S/C28H26N6O4/c1-32-11-9-20-5-7-24(14-23(20)17-32)31-28(36)21-4-2-3-19(13-21)16-30-27(35)22-6-8-25(26(15-22)34(37)38)33-12-10-29-18-33/h2-8,10,12-15,18H,9,11,16-17H2,1H3,(H,30,35)(H,31,36). The van der Waals surface area contributed by atoms with Crippen molar-refractivity contribution in [2.45, 2.75) is 19.5 Å². The van der Waals surface area contributed by atoms with E-state index in [0.29, 0.717) is 11.3 Å². The minimum atomic E-state index is -0.533. The Labute approximate surface area is 219 Å². The number of nitrogens with one attached hydrogen (secondary N) is 2. The van der Waals surface area contributed by atoms with Crippen molar-refractivity contribution in [1.82, 2.24) is 19.8 Å². The molecule has 1 aromatic heterocycles. The SMILES string of the molecule is CN1CCc2ccc(NC(=O)c3cccc(CNC(=O)c4ccc(-n5ccnc5)c([N+](=O)[O-])c4)c3)cc2C1. The summed E-state index contributed by atoms with van der Waals surface area (Å²) in [4.78, 5) is 42.9. The summed E-state index contributed by atoms with van der Waals surface area (Å²) >= 11 is 0. The van der Waals surface area contributed by atoms with Gasteiger partial charge in [-0.15, -0.1) is 0 Å². The van der Waals surface area contributed by atoms with Gasteiger partial charge in [0.1, 0.15) is 5.69 Å². The Hall–Kier alpha value is -4.83. The van der Waals surface area contributed by atoms with Gasteiger partial charge in [0, 0.05) is 54.9 Å². The van der Waals surface area contributed by atoms with E-state index in [2.05, 4.69) is 33.6 Å². The molecule has 4 aromatic rings. The second-order valence-electron chi connectivity index (χ2n) is 9.24. The molecule has 0 atom stereocenters. The topological polar surface area (TPSA) is 122 Å². The average molecular weight is 511 g/mol. The molecule has 0 saturated carbocycles. The highest BCUT2D eigenvalue weighted by molar-refractivity contribution is 6.04. The monoisotopic (exact) mass is 510 g/mol. The number of nitrogens with zero attached hydrogens (tertiary/aromatic N) is 4. The van der Waals surface area contributed by atoms with Crippen molar-refractivity contribution in [3.05, 3.63) is 117 Å². The molecule has 0 bridgehead atoms. The van der Waals surface area contributed by atoms with E-state index >= 15 is 0 Å². The molecule has 0 fully saturated rings. The number of likely N-dealkylation sites (N-methyl/N-ethyl adjacent to an activating group) is 1. The molecule has 192 valence electrons. The second-order valence-corrected chi connectivity index (χ2v) is 9.24. The molecule has 0 radical (unpaired) electrons. The molecule has 5 rings (SSSR count). The zero-order chi connectivity index (χ0) is 26.6. The molecule has 3 aromatic carbocycles. The maximum Gasteiger partial charge on any atom is 0.294 e. The lowest BCUT2D eigenvalue weighted by Crippen LogP contribution is -2.26. The van der Waals surface area contributed by atoms with Gasteiger partial charge in [-0.1, -0.05) is 18.2 Å². The highest BCUT2D eigenvalue weighted by Crippen LogP contribution is 2.25. The Morgan fingerprint density at radius 3 is 2.66 bits per heavy atom. The number of benzene rings is 3. The van der Waals surface area contributed by atoms with Crippen molar-refractivity contribution in [2.75, 3.05) is 18.9 Å². The van der Waals surface area contributed by atoms with Crippen molar-refractivity contribution >= 4 is 23.2 Å². The van der Waals surface area contributed by atoms with Gasteiger partial charge in [0.05, 0.1) is 11.3 Å². The predicted octanol–water partition coefficient (Wildman–Crippen LogP) is 3.95. The van der Waals surface area contributed by atoms with Crippen molar-refractivity contribution in [3.63, 3.8) is 0 Å². The molecule has 2 amide bonds. The molecule has 0 saturated heterocycles. The third-order valence-electron chi connectivity index (χ3n) is 6.53. The predicted molar refractivity (Wildman–Crippen MR) is 142 cm³/mol. The number of hydrogen-bond acceptors (Lipinski definition) is 6. The largest absolute Gasteiger partial charge is 0.348 e. The van der Waals surface area contributed by atoms with Gasteiger partial charge in [0.25, 0.3) is 17.5 Å². The van der Waals surface area contributed by atoms with Crippen LogP contribution in [0.5, 0.6) is 0 Å². The van der Waals surface area contributed by atoms with Crippen molar-refractivity contribution in [1.29, 1.82) is 0 Å². The molecular formula is C28H26N6O4. The van der Waals surface area contributed by atoms with E-state index < -0.39 is 10.8 Å². The fraction of sp³-hybridized carbons (Fsp3) is 0.179. The molecule has 2 heterocycles. The van der Waals surface area contributed by atoms with Gasteiger partial charge < -0.3 is 20.1 Å². The summed E-state index contributed by atoms with van der Waals surface area (Å²) < 4.78 is 1.51. The molecule has 1 aliphatic heterocycles. The molecule has 1 aliphatic rings. The highest BCUT2D eigenvalue weighted by atomic mass is 16.6. The van der Waals surface area contributed by atoms with Crippen LogP contribution in [0.4, 0.5) is 11.4 Å². The van der Waals surface area contributed by atoms with Crippen LogP contribution < -0.4 is 10.6 Å². The number of imidazole rings is 1. The number of aromatic nitrogens is 2. The van der Waals surface area contributed by atoms with Gasteiger partial charge in [-0.2, -0.15) is 0 Å². The highest BCUT2D eigenvalue weighted by Gasteiger charge is 2.19. The van der Waals surface area contributed by atoms with E-state index in [0.717, 1.165) is 30.8 Å². The summed E-state index contributed by atoms with van der Waals surface area (Å²) in [6, 6.07) is 17.3. The number of anilines is 1. The minimum Gasteiger partial charge on any atom is -0.348 e. The average Bonchev–Trinajstić information content (AvgIpc) is 3.46. The number of rotatable bonds is 7. The summed E-state index contributed by atoms with van der Waals surface area (Å²) in [6.45, 7) is 2.03. The normalized spacial score (nSPS) is 13.0. The van der Waals surface area contributed by atoms with Gasteiger partial charge in [-0.25, -0.2) is 4.98 Å². The molecule has 0 spiro atoms. The van der Waals surface area contributed by atoms with Gasteiger partial charge in [0.2, 0.25) is 0 Å². The van der Waals surface area contributed by atoms with Crippen molar-refractivity contribution < 1.29 is 14.5 Å². The number of carbonyl (C=O) groups is 2. The van der Waals surface area contributed by atoms with Gasteiger partial charge in [-0.3, -0.25) is 19.7 Å². The lowest BCUT2D eigenvalue weighted by Gasteiger charge is -2.25. The second kappa shape index (κ2) is 10.7. The van der Waals surface area contributed by atoms with Gasteiger partial charge in [0.15, 0.2) is 0 Å². The molecule has 0 unspecified atom stereocenters. The van der Waals surface area contributed by atoms with Crippen LogP contribution in [-0.2, 0) is 19.5 Å². The molecule has 2 N–H and O–H groups in total. The van der Waals surface area contributed by atoms with Gasteiger partial charge >= 0.3 is 0 Å². The third kappa shape index (κ3) is 5.45. The Morgan fingerprint density at radius 1 is 1.03 bits per heavy atom. The first-order valence-corrected chi connectivity index (χ1v) is 12.1. The maximum atomic E-state index is 12.9. The number of amides is 2. The Kier molecular flexibility index (Phi) is 6.96. The number of carbonyl (C=O) groups excluding carboxylic acids is 2. The summed E-state index contributed by atoms with van der Waals surface area (Å²) in [5.74, 6) is -0.702. The zero-order valence-corrected chi connectivity index (χ0v) is 20.8. The van der Waals surface area contributed by atoms with Crippen LogP contribution in [0, 0.1) is 10.1 Å². The van der Waals surface area contributed by atoms with E-state index in [4.69, 9.17) is 0 Å². The van der Waals surface area contributed by atoms with Crippen LogP contribution in [0.3, 0.4) is 0 Å². The third-order valence-corrected chi connectivity index (χ3v) is 6.53. The van der Waals surface area contributed by atoms with Crippen LogP contribution in [0.2, 0.25) is 0 Å². The van der Waals surface area contributed by atoms with E-state index in [1.807, 2.05) is 12.1 Å². The van der Waals surface area contributed by atoms with Crippen LogP contribution in [0.15, 0.2) is 79.4 Å². The van der Waals surface area contributed by atoms with E-state index in [9.17, 15) is 19.7 Å². The number of hydrogen-bond donors (Lipinski definition) is 2. The lowest BCUT2D eigenvalue weighted by atomic mass is 9.99. The first-order valence-electron chi connectivity index (χ1n) is 12.1. The fourth-order valence-corrected chi connectivity index (χ4v) is 4.52. The van der Waals surface area contributed by atoms with Crippen LogP contribution >= 0.6 is 0 Å². The summed E-state index contributed by atoms with van der Waals surface area (Å²) in [6.07, 6.45) is 5.56. The summed E-state index contributed by atoms with van der Waals surface area (Å²) in [7, 11) is 2.08. The molecule has 10 nitrogen and oxygen atoms in total. The first-order chi connectivity index (χ1) is 18.4. The summed E-state index contributed by atoms with van der Waals surface area (Å²) in [5.41, 5.74) is 4.72. The van der Waals surface area contributed by atoms with Crippen LogP contribution in [0.25, 0.3) is 5.69 Å². The minimum absolute atomic E-state index is 0.155. The number of nitro benzene ring substituents is 1. The molecule has 0 aliphatic carbocycles. The fourth-order valence-electron chi connectivity index (χ4n) is 4.52. The van der Waals surface area contributed by atoms with E-state index in [1.54, 1.807) is 30.5 Å². The van der Waals surface area contributed by atoms with Crippen molar-refractivity contribution in [2.24, 2.45) is 0 Å². The lowest BCUT2D eigenvalue weighted by molar-refractivity contribution is -0.384. The molecular weight excluding hydrogens is 484 g/mol. The van der Waals surface area contributed by atoms with Crippen LogP contribution in [0.1, 0.15) is 37.4 Å².